The lowest BCUT2D eigenvalue weighted by atomic mass is 9.98. The van der Waals surface area contributed by atoms with Crippen LogP contribution in [0, 0.1) is 6.92 Å². The number of carboxylic acids is 1. The first kappa shape index (κ1) is 22.3. The van der Waals surface area contributed by atoms with Crippen molar-refractivity contribution in [2.45, 2.75) is 46.1 Å². The third kappa shape index (κ3) is 7.86. The van der Waals surface area contributed by atoms with Crippen molar-refractivity contribution < 1.29 is 24.2 Å². The van der Waals surface area contributed by atoms with Gasteiger partial charge < -0.3 is 19.9 Å². The summed E-state index contributed by atoms with van der Waals surface area (Å²) in [5.74, 6) is 0.800. The normalized spacial score (nSPS) is 10.6. The van der Waals surface area contributed by atoms with Crippen molar-refractivity contribution in [2.24, 2.45) is 0 Å². The fourth-order valence-electron chi connectivity index (χ4n) is 2.92. The lowest BCUT2D eigenvalue weighted by Crippen LogP contribution is -2.23. The van der Waals surface area contributed by atoms with Crippen LogP contribution in [0.15, 0.2) is 42.5 Å². The van der Waals surface area contributed by atoms with Crippen LogP contribution in [0.1, 0.15) is 49.3 Å². The van der Waals surface area contributed by atoms with Crippen molar-refractivity contribution in [3.63, 3.8) is 0 Å². The summed E-state index contributed by atoms with van der Waals surface area (Å²) in [6.45, 7) is 7.67. The third-order valence-corrected chi connectivity index (χ3v) is 4.46. The first-order valence-electron chi connectivity index (χ1n) is 9.78. The number of hydrogen-bond acceptors (Lipinski definition) is 4. The topological polar surface area (TPSA) is 84.9 Å². The van der Waals surface area contributed by atoms with Crippen LogP contribution in [0.5, 0.6) is 11.5 Å². The minimum Gasteiger partial charge on any atom is -0.490 e. The molecule has 0 aromatic heterocycles. The number of carboxylic acid groups (broad SMARTS) is 1. The van der Waals surface area contributed by atoms with Gasteiger partial charge in [-0.05, 0) is 53.8 Å². The number of aryl methyl sites for hydroxylation is 1. The van der Waals surface area contributed by atoms with E-state index < -0.39 is 5.97 Å². The Bertz CT molecular complexity index is 815. The summed E-state index contributed by atoms with van der Waals surface area (Å²) in [7, 11) is 0. The SMILES string of the molecule is Cc1cc(OCCOc2ccc(CNC(=O)CCC(=O)O)cc2)ccc1C(C)C. The van der Waals surface area contributed by atoms with E-state index in [1.807, 2.05) is 30.3 Å². The number of nitrogens with one attached hydrogen (secondary N) is 1. The van der Waals surface area contributed by atoms with Gasteiger partial charge in [-0.1, -0.05) is 32.0 Å². The number of ether oxygens (including phenoxy) is 2. The second kappa shape index (κ2) is 11.1. The highest BCUT2D eigenvalue weighted by Gasteiger charge is 2.06. The highest BCUT2D eigenvalue weighted by Crippen LogP contribution is 2.23. The molecular weight excluding hydrogens is 370 g/mol. The monoisotopic (exact) mass is 399 g/mol. The first-order valence-corrected chi connectivity index (χ1v) is 9.78. The van der Waals surface area contributed by atoms with E-state index in [0.717, 1.165) is 17.1 Å². The number of benzene rings is 2. The van der Waals surface area contributed by atoms with E-state index in [1.54, 1.807) is 0 Å². The Morgan fingerprint density at radius 1 is 0.966 bits per heavy atom. The molecule has 6 heteroatoms. The van der Waals surface area contributed by atoms with Gasteiger partial charge in [-0.25, -0.2) is 0 Å². The molecule has 0 aliphatic heterocycles. The predicted molar refractivity (Wildman–Crippen MR) is 111 cm³/mol. The molecule has 0 fully saturated rings. The van der Waals surface area contributed by atoms with Crippen LogP contribution >= 0.6 is 0 Å². The Kier molecular flexibility index (Phi) is 8.52. The molecule has 6 nitrogen and oxygen atoms in total. The van der Waals surface area contributed by atoms with E-state index >= 15 is 0 Å². The lowest BCUT2D eigenvalue weighted by Gasteiger charge is -2.13. The maximum absolute atomic E-state index is 11.5. The Balaban J connectivity index is 1.70. The van der Waals surface area contributed by atoms with Gasteiger partial charge >= 0.3 is 5.97 Å². The molecule has 0 heterocycles. The van der Waals surface area contributed by atoms with E-state index in [4.69, 9.17) is 14.6 Å². The lowest BCUT2D eigenvalue weighted by molar-refractivity contribution is -0.138. The van der Waals surface area contributed by atoms with E-state index in [1.165, 1.54) is 11.1 Å². The van der Waals surface area contributed by atoms with Crippen LogP contribution in [0.3, 0.4) is 0 Å². The van der Waals surface area contributed by atoms with E-state index in [-0.39, 0.29) is 18.7 Å². The van der Waals surface area contributed by atoms with Crippen molar-refractivity contribution >= 4 is 11.9 Å². The average molecular weight is 399 g/mol. The molecule has 0 aliphatic rings. The molecule has 0 bridgehead atoms. The van der Waals surface area contributed by atoms with Crippen molar-refractivity contribution in [3.05, 3.63) is 59.2 Å². The van der Waals surface area contributed by atoms with Gasteiger partial charge in [-0.15, -0.1) is 0 Å². The van der Waals surface area contributed by atoms with Crippen LogP contribution in [0.25, 0.3) is 0 Å². The van der Waals surface area contributed by atoms with Crippen LogP contribution in [0.2, 0.25) is 0 Å². The Morgan fingerprint density at radius 3 is 2.17 bits per heavy atom. The van der Waals surface area contributed by atoms with Crippen molar-refractivity contribution in [1.29, 1.82) is 0 Å². The summed E-state index contributed by atoms with van der Waals surface area (Å²) in [4.78, 5) is 22.0. The van der Waals surface area contributed by atoms with E-state index in [9.17, 15) is 9.59 Å². The first-order chi connectivity index (χ1) is 13.8. The molecule has 0 aliphatic carbocycles. The number of amides is 1. The summed E-state index contributed by atoms with van der Waals surface area (Å²) < 4.78 is 11.4. The fourth-order valence-corrected chi connectivity index (χ4v) is 2.92. The van der Waals surface area contributed by atoms with Crippen molar-refractivity contribution in [2.75, 3.05) is 13.2 Å². The maximum atomic E-state index is 11.5. The molecule has 29 heavy (non-hydrogen) atoms. The molecule has 0 unspecified atom stereocenters. The fraction of sp³-hybridized carbons (Fsp3) is 0.391. The molecule has 0 atom stereocenters. The molecule has 156 valence electrons. The maximum Gasteiger partial charge on any atom is 0.303 e. The largest absolute Gasteiger partial charge is 0.490 e. The molecule has 2 aromatic rings. The number of carbonyl (C=O) groups excluding carboxylic acids is 1. The summed E-state index contributed by atoms with van der Waals surface area (Å²) in [5.41, 5.74) is 3.47. The Morgan fingerprint density at radius 2 is 1.59 bits per heavy atom. The van der Waals surface area contributed by atoms with Crippen LogP contribution in [0.4, 0.5) is 0 Å². The highest BCUT2D eigenvalue weighted by atomic mass is 16.5. The molecule has 0 spiro atoms. The minimum absolute atomic E-state index is 0.0176. The summed E-state index contributed by atoms with van der Waals surface area (Å²) in [6.07, 6.45) is -0.182. The number of aliphatic carboxylic acids is 1. The summed E-state index contributed by atoms with van der Waals surface area (Å²) in [6, 6.07) is 13.5. The van der Waals surface area contributed by atoms with Gasteiger partial charge in [0.25, 0.3) is 0 Å². The second-order valence-corrected chi connectivity index (χ2v) is 7.18. The zero-order chi connectivity index (χ0) is 21.2. The average Bonchev–Trinajstić information content (AvgIpc) is 2.68. The van der Waals surface area contributed by atoms with Gasteiger partial charge in [0.1, 0.15) is 24.7 Å². The summed E-state index contributed by atoms with van der Waals surface area (Å²) in [5, 5.41) is 11.3. The standard InChI is InChI=1S/C23H29NO5/c1-16(2)21-9-8-20(14-17(21)3)29-13-12-28-19-6-4-18(5-7-19)15-24-22(25)10-11-23(26)27/h4-9,14,16H,10-13,15H2,1-3H3,(H,24,25)(H,26,27). The molecule has 0 radical (unpaired) electrons. The third-order valence-electron chi connectivity index (χ3n) is 4.46. The summed E-state index contributed by atoms with van der Waals surface area (Å²) >= 11 is 0. The number of carbonyl (C=O) groups is 2. The van der Waals surface area contributed by atoms with Gasteiger partial charge in [0.15, 0.2) is 0 Å². The molecule has 2 rings (SSSR count). The van der Waals surface area contributed by atoms with E-state index in [2.05, 4.69) is 38.2 Å². The Labute approximate surface area is 171 Å². The molecule has 0 saturated heterocycles. The van der Waals surface area contributed by atoms with Gasteiger partial charge in [0, 0.05) is 13.0 Å². The molecule has 2 aromatic carbocycles. The van der Waals surface area contributed by atoms with Gasteiger partial charge in [0.2, 0.25) is 5.91 Å². The highest BCUT2D eigenvalue weighted by molar-refractivity contribution is 5.80. The van der Waals surface area contributed by atoms with Crippen LogP contribution in [-0.4, -0.2) is 30.2 Å². The van der Waals surface area contributed by atoms with Gasteiger partial charge in [0.05, 0.1) is 6.42 Å². The van der Waals surface area contributed by atoms with Crippen molar-refractivity contribution in [1.82, 2.24) is 5.32 Å². The smallest absolute Gasteiger partial charge is 0.303 e. The van der Waals surface area contributed by atoms with Crippen LogP contribution in [-0.2, 0) is 16.1 Å². The molecule has 0 saturated carbocycles. The second-order valence-electron chi connectivity index (χ2n) is 7.18. The molecular formula is C23H29NO5. The predicted octanol–water partition coefficient (Wildman–Crippen LogP) is 4.06. The number of rotatable bonds is 11. The molecule has 1 amide bonds. The molecule has 2 N–H and O–H groups in total. The van der Waals surface area contributed by atoms with Crippen molar-refractivity contribution in [3.8, 4) is 11.5 Å². The number of hydrogen-bond donors (Lipinski definition) is 2. The minimum atomic E-state index is -0.978. The zero-order valence-electron chi connectivity index (χ0n) is 17.2. The van der Waals surface area contributed by atoms with Gasteiger partial charge in [-0.2, -0.15) is 0 Å². The van der Waals surface area contributed by atoms with Gasteiger partial charge in [-0.3, -0.25) is 9.59 Å². The zero-order valence-corrected chi connectivity index (χ0v) is 17.2. The Hall–Kier alpha value is -3.02. The van der Waals surface area contributed by atoms with E-state index in [0.29, 0.717) is 25.7 Å². The quantitative estimate of drug-likeness (QED) is 0.557. The van der Waals surface area contributed by atoms with Crippen LogP contribution < -0.4 is 14.8 Å².